The molecule has 0 aliphatic carbocycles. The monoisotopic (exact) mass is 418 g/mol. The maximum absolute atomic E-state index is 12.6. The maximum Gasteiger partial charge on any atom is 0.573 e. The number of benzene rings is 1. The van der Waals surface area contributed by atoms with Crippen LogP contribution in [0.25, 0.3) is 0 Å². The van der Waals surface area contributed by atoms with Crippen molar-refractivity contribution in [2.75, 3.05) is 32.8 Å². The van der Waals surface area contributed by atoms with Gasteiger partial charge in [0.1, 0.15) is 5.75 Å². The molecule has 1 aliphatic heterocycles. The largest absolute Gasteiger partial charge is 0.573 e. The van der Waals surface area contributed by atoms with E-state index >= 15 is 0 Å². The van der Waals surface area contributed by atoms with Gasteiger partial charge in [-0.15, -0.1) is 25.6 Å². The third-order valence-corrected chi connectivity index (χ3v) is 4.04. The van der Waals surface area contributed by atoms with E-state index in [0.29, 0.717) is 29.5 Å². The van der Waals surface area contributed by atoms with Gasteiger partial charge in [-0.25, -0.2) is 0 Å². The third kappa shape index (κ3) is 6.11. The fourth-order valence-corrected chi connectivity index (χ4v) is 3.03. The molecule has 1 saturated heterocycles. The molecule has 4 nitrogen and oxygen atoms in total. The lowest BCUT2D eigenvalue weighted by Crippen LogP contribution is -2.45. The standard InChI is InChI=1S/C14H18BrF3N2O2.ClH/c15-10-1-2-13(22-14(16,17)18)11(9-10)12(3-8-21)20-6-4-19-5-7-20;/h1-2,9,12,19,21H,3-8H2;1H/t12-;/m0./s1. The Morgan fingerprint density at radius 2 is 1.96 bits per heavy atom. The lowest BCUT2D eigenvalue weighted by Gasteiger charge is -2.35. The summed E-state index contributed by atoms with van der Waals surface area (Å²) in [7, 11) is 0. The fourth-order valence-electron chi connectivity index (χ4n) is 2.65. The maximum atomic E-state index is 12.6. The number of rotatable bonds is 5. The average molecular weight is 420 g/mol. The molecule has 1 aliphatic rings. The molecule has 1 fully saturated rings. The van der Waals surface area contributed by atoms with E-state index in [4.69, 9.17) is 0 Å². The molecule has 0 aromatic heterocycles. The molecule has 2 N–H and O–H groups in total. The predicted octanol–water partition coefficient (Wildman–Crippen LogP) is 3.10. The van der Waals surface area contributed by atoms with Gasteiger partial charge in [0, 0.05) is 48.9 Å². The second-order valence-electron chi connectivity index (χ2n) is 5.04. The van der Waals surface area contributed by atoms with Crippen LogP contribution in [-0.4, -0.2) is 49.2 Å². The Balaban J connectivity index is 0.00000264. The molecule has 0 spiro atoms. The highest BCUT2D eigenvalue weighted by atomic mass is 79.9. The number of nitrogens with one attached hydrogen (secondary N) is 1. The minimum Gasteiger partial charge on any atom is -0.405 e. The molecular weight excluding hydrogens is 401 g/mol. The summed E-state index contributed by atoms with van der Waals surface area (Å²) in [6.45, 7) is 2.86. The van der Waals surface area contributed by atoms with Crippen LogP contribution < -0.4 is 10.1 Å². The van der Waals surface area contributed by atoms with Crippen LogP contribution in [0.2, 0.25) is 0 Å². The number of alkyl halides is 3. The van der Waals surface area contributed by atoms with E-state index in [2.05, 4.69) is 30.9 Å². The summed E-state index contributed by atoms with van der Waals surface area (Å²) < 4.78 is 42.7. The summed E-state index contributed by atoms with van der Waals surface area (Å²) in [6.07, 6.45) is -4.39. The summed E-state index contributed by atoms with van der Waals surface area (Å²) in [6, 6.07) is 4.13. The van der Waals surface area contributed by atoms with Crippen molar-refractivity contribution in [1.29, 1.82) is 0 Å². The molecule has 9 heteroatoms. The molecule has 1 heterocycles. The number of ether oxygens (including phenoxy) is 1. The van der Waals surface area contributed by atoms with Crippen LogP contribution in [0, 0.1) is 0 Å². The van der Waals surface area contributed by atoms with Crippen LogP contribution in [0.1, 0.15) is 18.0 Å². The smallest absolute Gasteiger partial charge is 0.405 e. The number of aliphatic hydroxyl groups is 1. The zero-order chi connectivity index (χ0) is 16.2. The molecule has 1 atom stereocenters. The first kappa shape index (κ1) is 20.5. The molecule has 2 rings (SSSR count). The van der Waals surface area contributed by atoms with E-state index in [-0.39, 0.29) is 30.8 Å². The molecule has 0 radical (unpaired) electrons. The van der Waals surface area contributed by atoms with E-state index < -0.39 is 6.36 Å². The summed E-state index contributed by atoms with van der Waals surface area (Å²) in [5.74, 6) is -0.215. The number of hydrogen-bond acceptors (Lipinski definition) is 4. The summed E-state index contributed by atoms with van der Waals surface area (Å²) in [4.78, 5) is 2.07. The highest BCUT2D eigenvalue weighted by molar-refractivity contribution is 9.10. The number of nitrogens with zero attached hydrogens (tertiary/aromatic N) is 1. The van der Waals surface area contributed by atoms with E-state index in [1.165, 1.54) is 12.1 Å². The van der Waals surface area contributed by atoms with Crippen LogP contribution >= 0.6 is 28.3 Å². The number of hydrogen-bond donors (Lipinski definition) is 2. The van der Waals surface area contributed by atoms with Gasteiger partial charge < -0.3 is 15.2 Å². The van der Waals surface area contributed by atoms with Crippen molar-refractivity contribution in [3.05, 3.63) is 28.2 Å². The highest BCUT2D eigenvalue weighted by Gasteiger charge is 2.34. The summed E-state index contributed by atoms with van der Waals surface area (Å²) in [5.41, 5.74) is 0.433. The highest BCUT2D eigenvalue weighted by Crippen LogP contribution is 2.36. The van der Waals surface area contributed by atoms with Crippen LogP contribution in [0.4, 0.5) is 13.2 Å². The predicted molar refractivity (Wildman–Crippen MR) is 87.0 cm³/mol. The Labute approximate surface area is 147 Å². The second kappa shape index (κ2) is 9.08. The Morgan fingerprint density at radius 1 is 1.30 bits per heavy atom. The zero-order valence-electron chi connectivity index (χ0n) is 12.3. The zero-order valence-corrected chi connectivity index (χ0v) is 14.7. The van der Waals surface area contributed by atoms with Gasteiger partial charge in [0.05, 0.1) is 0 Å². The van der Waals surface area contributed by atoms with Gasteiger partial charge in [0.25, 0.3) is 0 Å². The van der Waals surface area contributed by atoms with Crippen molar-refractivity contribution in [3.63, 3.8) is 0 Å². The lowest BCUT2D eigenvalue weighted by molar-refractivity contribution is -0.275. The topological polar surface area (TPSA) is 44.7 Å². The van der Waals surface area contributed by atoms with Crippen LogP contribution in [-0.2, 0) is 0 Å². The molecule has 0 unspecified atom stereocenters. The first-order valence-corrected chi connectivity index (χ1v) is 7.81. The van der Waals surface area contributed by atoms with Gasteiger partial charge in [-0.1, -0.05) is 15.9 Å². The minimum atomic E-state index is -4.74. The van der Waals surface area contributed by atoms with Gasteiger partial charge in [0.15, 0.2) is 0 Å². The van der Waals surface area contributed by atoms with Gasteiger partial charge >= 0.3 is 6.36 Å². The van der Waals surface area contributed by atoms with Crippen molar-refractivity contribution in [2.45, 2.75) is 18.8 Å². The molecule has 0 bridgehead atoms. The van der Waals surface area contributed by atoms with E-state index in [1.54, 1.807) is 6.07 Å². The van der Waals surface area contributed by atoms with Gasteiger partial charge in [0.2, 0.25) is 0 Å². The van der Waals surface area contributed by atoms with Gasteiger partial charge in [-0.2, -0.15) is 0 Å². The fraction of sp³-hybridized carbons (Fsp3) is 0.571. The number of halogens is 5. The average Bonchev–Trinajstić information content (AvgIpc) is 2.46. The lowest BCUT2D eigenvalue weighted by atomic mass is 10.0. The van der Waals surface area contributed by atoms with Gasteiger partial charge in [-0.3, -0.25) is 4.90 Å². The molecule has 132 valence electrons. The van der Waals surface area contributed by atoms with Crippen LogP contribution in [0.15, 0.2) is 22.7 Å². The van der Waals surface area contributed by atoms with Crippen LogP contribution in [0.5, 0.6) is 5.75 Å². The van der Waals surface area contributed by atoms with Crippen molar-refractivity contribution >= 4 is 28.3 Å². The SMILES string of the molecule is Cl.OCC[C@@H](c1cc(Br)ccc1OC(F)(F)F)N1CCNCC1. The molecular formula is C14H19BrClF3N2O2. The minimum absolute atomic E-state index is 0. The molecule has 0 amide bonds. The quantitative estimate of drug-likeness (QED) is 0.770. The molecule has 1 aromatic rings. The third-order valence-electron chi connectivity index (χ3n) is 3.55. The Hall–Kier alpha value is -0.540. The van der Waals surface area contributed by atoms with Gasteiger partial charge in [-0.05, 0) is 24.6 Å². The van der Waals surface area contributed by atoms with E-state index in [1.807, 2.05) is 0 Å². The number of aliphatic hydroxyl groups excluding tert-OH is 1. The molecule has 23 heavy (non-hydrogen) atoms. The van der Waals surface area contributed by atoms with Crippen molar-refractivity contribution in [1.82, 2.24) is 10.2 Å². The Morgan fingerprint density at radius 3 is 2.52 bits per heavy atom. The van der Waals surface area contributed by atoms with E-state index in [0.717, 1.165) is 13.1 Å². The normalized spacial score (nSPS) is 17.4. The van der Waals surface area contributed by atoms with Crippen LogP contribution in [0.3, 0.4) is 0 Å². The second-order valence-corrected chi connectivity index (χ2v) is 5.96. The van der Waals surface area contributed by atoms with E-state index in [9.17, 15) is 18.3 Å². The summed E-state index contributed by atoms with van der Waals surface area (Å²) >= 11 is 3.29. The van der Waals surface area contributed by atoms with Crippen molar-refractivity contribution in [3.8, 4) is 5.75 Å². The number of piperazine rings is 1. The first-order chi connectivity index (χ1) is 10.4. The van der Waals surface area contributed by atoms with Crippen molar-refractivity contribution < 1.29 is 23.0 Å². The summed E-state index contributed by atoms with van der Waals surface area (Å²) in [5, 5.41) is 12.5. The van der Waals surface area contributed by atoms with Crippen molar-refractivity contribution in [2.24, 2.45) is 0 Å². The molecule has 0 saturated carbocycles. The Kier molecular flexibility index (Phi) is 8.09. The first-order valence-electron chi connectivity index (χ1n) is 7.01. The molecule has 1 aromatic carbocycles. The Bertz CT molecular complexity index is 499.